The summed E-state index contributed by atoms with van der Waals surface area (Å²) in [6, 6.07) is 0.842. The molecule has 1 heterocycles. The third kappa shape index (κ3) is 3.42. The van der Waals surface area contributed by atoms with Gasteiger partial charge in [0.15, 0.2) is 0 Å². The molecule has 2 fully saturated rings. The van der Waals surface area contributed by atoms with Crippen LogP contribution in [0, 0.1) is 0 Å². The molecule has 1 unspecified atom stereocenters. The van der Waals surface area contributed by atoms with Gasteiger partial charge in [0, 0.05) is 45.2 Å². The molecule has 17 heavy (non-hydrogen) atoms. The van der Waals surface area contributed by atoms with E-state index < -0.39 is 0 Å². The summed E-state index contributed by atoms with van der Waals surface area (Å²) in [5.41, 5.74) is 0. The van der Waals surface area contributed by atoms with Crippen molar-refractivity contribution in [2.75, 3.05) is 33.7 Å². The number of carbonyl (C=O) groups is 1. The molecule has 4 nitrogen and oxygen atoms in total. The number of nitrogens with one attached hydrogen (secondary N) is 1. The van der Waals surface area contributed by atoms with E-state index in [9.17, 15) is 4.79 Å². The number of hydrogen-bond donors (Lipinski definition) is 1. The smallest absolute Gasteiger partial charge is 0.224 e. The summed E-state index contributed by atoms with van der Waals surface area (Å²) < 4.78 is 0. The van der Waals surface area contributed by atoms with E-state index in [0.717, 1.165) is 19.6 Å². The fourth-order valence-corrected chi connectivity index (χ4v) is 2.98. The fourth-order valence-electron chi connectivity index (χ4n) is 2.98. The van der Waals surface area contributed by atoms with Crippen LogP contribution in [0.5, 0.6) is 0 Å². The molecule has 1 saturated carbocycles. The van der Waals surface area contributed by atoms with Gasteiger partial charge in [-0.25, -0.2) is 0 Å². The molecule has 2 aliphatic rings. The zero-order valence-corrected chi connectivity index (χ0v) is 11.1. The van der Waals surface area contributed by atoms with Crippen LogP contribution < -0.4 is 5.32 Å². The first-order chi connectivity index (χ1) is 8.16. The predicted molar refractivity (Wildman–Crippen MR) is 68.9 cm³/mol. The van der Waals surface area contributed by atoms with Crippen molar-refractivity contribution >= 4 is 5.91 Å². The molecule has 1 amide bonds. The van der Waals surface area contributed by atoms with Crippen LogP contribution in [-0.4, -0.2) is 61.5 Å². The van der Waals surface area contributed by atoms with Crippen LogP contribution in [0.4, 0.5) is 0 Å². The maximum atomic E-state index is 12.2. The number of likely N-dealkylation sites (N-methyl/N-ethyl adjacent to an activating group) is 1. The SMILES string of the molecule is CN1CCNC(CC(=O)N(C)C2CCCC2)C1. The van der Waals surface area contributed by atoms with Crippen molar-refractivity contribution in [3.8, 4) is 0 Å². The van der Waals surface area contributed by atoms with Crippen LogP contribution in [0.15, 0.2) is 0 Å². The van der Waals surface area contributed by atoms with E-state index in [0.29, 0.717) is 24.4 Å². The topological polar surface area (TPSA) is 35.6 Å². The van der Waals surface area contributed by atoms with Crippen molar-refractivity contribution in [2.45, 2.75) is 44.2 Å². The Labute approximate surface area is 104 Å². The van der Waals surface area contributed by atoms with Crippen molar-refractivity contribution in [3.05, 3.63) is 0 Å². The van der Waals surface area contributed by atoms with E-state index in [4.69, 9.17) is 0 Å². The summed E-state index contributed by atoms with van der Waals surface area (Å²) in [6.07, 6.45) is 5.61. The van der Waals surface area contributed by atoms with Crippen molar-refractivity contribution in [3.63, 3.8) is 0 Å². The van der Waals surface area contributed by atoms with Crippen molar-refractivity contribution in [2.24, 2.45) is 0 Å². The molecule has 0 spiro atoms. The summed E-state index contributed by atoms with van der Waals surface area (Å²) in [5, 5.41) is 3.44. The summed E-state index contributed by atoms with van der Waals surface area (Å²) in [6.45, 7) is 3.08. The molecule has 0 radical (unpaired) electrons. The standard InChI is InChI=1S/C13H25N3O/c1-15-8-7-14-11(10-15)9-13(17)16(2)12-5-3-4-6-12/h11-12,14H,3-10H2,1-2H3. The van der Waals surface area contributed by atoms with Crippen molar-refractivity contribution < 1.29 is 4.79 Å². The Morgan fingerprint density at radius 1 is 1.41 bits per heavy atom. The Hall–Kier alpha value is -0.610. The first kappa shape index (κ1) is 12.8. The molecular formula is C13H25N3O. The maximum Gasteiger partial charge on any atom is 0.224 e. The zero-order valence-electron chi connectivity index (χ0n) is 11.1. The predicted octanol–water partition coefficient (Wildman–Crippen LogP) is 0.681. The highest BCUT2D eigenvalue weighted by Crippen LogP contribution is 2.23. The van der Waals surface area contributed by atoms with E-state index in [2.05, 4.69) is 17.3 Å². The Morgan fingerprint density at radius 3 is 2.76 bits per heavy atom. The molecule has 1 aliphatic carbocycles. The molecule has 0 aromatic carbocycles. The quantitative estimate of drug-likeness (QED) is 0.787. The second kappa shape index (κ2) is 5.83. The van der Waals surface area contributed by atoms with E-state index >= 15 is 0 Å². The average Bonchev–Trinajstić information content (AvgIpc) is 2.81. The molecule has 1 saturated heterocycles. The van der Waals surface area contributed by atoms with Crippen molar-refractivity contribution in [1.82, 2.24) is 15.1 Å². The summed E-state index contributed by atoms with van der Waals surface area (Å²) in [7, 11) is 4.10. The minimum absolute atomic E-state index is 0.310. The average molecular weight is 239 g/mol. The molecule has 4 heteroatoms. The van der Waals surface area contributed by atoms with Gasteiger partial charge in [-0.1, -0.05) is 12.8 Å². The van der Waals surface area contributed by atoms with E-state index in [1.807, 2.05) is 11.9 Å². The monoisotopic (exact) mass is 239 g/mol. The van der Waals surface area contributed by atoms with Gasteiger partial charge in [-0.05, 0) is 19.9 Å². The normalized spacial score (nSPS) is 27.3. The van der Waals surface area contributed by atoms with Gasteiger partial charge in [0.2, 0.25) is 5.91 Å². The van der Waals surface area contributed by atoms with Crippen LogP contribution in [0.2, 0.25) is 0 Å². The van der Waals surface area contributed by atoms with Gasteiger partial charge in [0.25, 0.3) is 0 Å². The summed E-state index contributed by atoms with van der Waals surface area (Å²) >= 11 is 0. The van der Waals surface area contributed by atoms with Gasteiger partial charge in [0.05, 0.1) is 0 Å². The molecule has 0 bridgehead atoms. The third-order valence-electron chi connectivity index (χ3n) is 4.15. The van der Waals surface area contributed by atoms with Crippen LogP contribution in [0.1, 0.15) is 32.1 Å². The number of hydrogen-bond acceptors (Lipinski definition) is 3. The van der Waals surface area contributed by atoms with Crippen LogP contribution in [-0.2, 0) is 4.79 Å². The highest BCUT2D eigenvalue weighted by Gasteiger charge is 2.26. The molecule has 98 valence electrons. The lowest BCUT2D eigenvalue weighted by Gasteiger charge is -2.32. The fraction of sp³-hybridized carbons (Fsp3) is 0.923. The lowest BCUT2D eigenvalue weighted by molar-refractivity contribution is -0.132. The maximum absolute atomic E-state index is 12.2. The molecular weight excluding hydrogens is 214 g/mol. The van der Waals surface area contributed by atoms with Gasteiger partial charge in [-0.3, -0.25) is 4.79 Å². The Bertz CT molecular complexity index is 263. The number of piperazine rings is 1. The van der Waals surface area contributed by atoms with E-state index in [1.54, 1.807) is 0 Å². The van der Waals surface area contributed by atoms with Gasteiger partial charge in [-0.15, -0.1) is 0 Å². The highest BCUT2D eigenvalue weighted by molar-refractivity contribution is 5.77. The van der Waals surface area contributed by atoms with Crippen LogP contribution >= 0.6 is 0 Å². The molecule has 1 N–H and O–H groups in total. The largest absolute Gasteiger partial charge is 0.343 e. The molecule has 1 aliphatic heterocycles. The molecule has 1 atom stereocenters. The second-order valence-electron chi connectivity index (χ2n) is 5.56. The molecule has 0 aromatic rings. The van der Waals surface area contributed by atoms with Crippen molar-refractivity contribution in [1.29, 1.82) is 0 Å². The van der Waals surface area contributed by atoms with Gasteiger partial charge >= 0.3 is 0 Å². The van der Waals surface area contributed by atoms with Gasteiger partial charge < -0.3 is 15.1 Å². The summed E-state index contributed by atoms with van der Waals surface area (Å²) in [4.78, 5) is 16.5. The lowest BCUT2D eigenvalue weighted by Crippen LogP contribution is -2.51. The zero-order chi connectivity index (χ0) is 12.3. The third-order valence-corrected chi connectivity index (χ3v) is 4.15. The Kier molecular flexibility index (Phi) is 4.40. The lowest BCUT2D eigenvalue weighted by atomic mass is 10.1. The molecule has 0 aromatic heterocycles. The number of nitrogens with zero attached hydrogens (tertiary/aromatic N) is 2. The van der Waals surface area contributed by atoms with Gasteiger partial charge in [0.1, 0.15) is 0 Å². The second-order valence-corrected chi connectivity index (χ2v) is 5.56. The van der Waals surface area contributed by atoms with E-state index in [-0.39, 0.29) is 0 Å². The number of carbonyl (C=O) groups excluding carboxylic acids is 1. The highest BCUT2D eigenvalue weighted by atomic mass is 16.2. The minimum Gasteiger partial charge on any atom is -0.343 e. The van der Waals surface area contributed by atoms with Crippen LogP contribution in [0.3, 0.4) is 0 Å². The Balaban J connectivity index is 1.79. The van der Waals surface area contributed by atoms with Crippen LogP contribution in [0.25, 0.3) is 0 Å². The first-order valence-electron chi connectivity index (χ1n) is 6.84. The van der Waals surface area contributed by atoms with E-state index in [1.165, 1.54) is 25.7 Å². The summed E-state index contributed by atoms with van der Waals surface area (Å²) in [5.74, 6) is 0.310. The number of rotatable bonds is 3. The Morgan fingerprint density at radius 2 is 2.12 bits per heavy atom. The minimum atomic E-state index is 0.310. The molecule has 2 rings (SSSR count). The van der Waals surface area contributed by atoms with Gasteiger partial charge in [-0.2, -0.15) is 0 Å². The first-order valence-corrected chi connectivity index (χ1v) is 6.84. The number of amides is 1.